The minimum Gasteiger partial charge on any atom is -0.382 e. The van der Waals surface area contributed by atoms with Crippen LogP contribution in [0.3, 0.4) is 0 Å². The zero-order valence-corrected chi connectivity index (χ0v) is 13.3. The molecule has 1 unspecified atom stereocenters. The Morgan fingerprint density at radius 3 is 2.68 bits per heavy atom. The number of nitrogens with one attached hydrogen (secondary N) is 1. The predicted molar refractivity (Wildman–Crippen MR) is 83.6 cm³/mol. The van der Waals surface area contributed by atoms with Crippen LogP contribution in [-0.4, -0.2) is 25.8 Å². The zero-order chi connectivity index (χ0) is 13.5. The van der Waals surface area contributed by atoms with Crippen molar-refractivity contribution in [2.75, 3.05) is 19.8 Å². The first-order valence-electron chi connectivity index (χ1n) is 7.36. The van der Waals surface area contributed by atoms with Gasteiger partial charge in [0.25, 0.3) is 0 Å². The van der Waals surface area contributed by atoms with Gasteiger partial charge >= 0.3 is 0 Å². The van der Waals surface area contributed by atoms with Crippen LogP contribution in [0.15, 0.2) is 28.7 Å². The largest absolute Gasteiger partial charge is 0.382 e. The Balaban J connectivity index is 1.85. The van der Waals surface area contributed by atoms with Gasteiger partial charge in [0.2, 0.25) is 0 Å². The summed E-state index contributed by atoms with van der Waals surface area (Å²) in [5, 5.41) is 3.66. The monoisotopic (exact) mass is 325 g/mol. The van der Waals surface area contributed by atoms with Gasteiger partial charge in [0.15, 0.2) is 0 Å². The summed E-state index contributed by atoms with van der Waals surface area (Å²) in [5.74, 6) is 0.606. The van der Waals surface area contributed by atoms with Crippen LogP contribution in [0.2, 0.25) is 0 Å². The second-order valence-electron chi connectivity index (χ2n) is 5.27. The molecule has 1 aromatic rings. The Labute approximate surface area is 125 Å². The maximum Gasteiger partial charge on any atom is 0.0466 e. The molecule has 0 aromatic heterocycles. The molecule has 1 atom stereocenters. The topological polar surface area (TPSA) is 21.3 Å². The van der Waals surface area contributed by atoms with E-state index in [2.05, 4.69) is 52.4 Å². The molecule has 0 amide bonds. The number of halogens is 1. The van der Waals surface area contributed by atoms with E-state index in [-0.39, 0.29) is 0 Å². The van der Waals surface area contributed by atoms with Crippen molar-refractivity contribution in [1.29, 1.82) is 0 Å². The van der Waals surface area contributed by atoms with Gasteiger partial charge in [-0.25, -0.2) is 0 Å². The van der Waals surface area contributed by atoms with Crippen LogP contribution in [0, 0.1) is 0 Å². The maximum atomic E-state index is 5.45. The molecule has 3 heteroatoms. The highest BCUT2D eigenvalue weighted by atomic mass is 79.9. The average Bonchev–Trinajstić information content (AvgIpc) is 3.23. The van der Waals surface area contributed by atoms with Crippen LogP contribution >= 0.6 is 15.9 Å². The average molecular weight is 326 g/mol. The number of benzene rings is 1. The molecule has 106 valence electrons. The molecule has 1 aliphatic carbocycles. The van der Waals surface area contributed by atoms with Gasteiger partial charge in [0.1, 0.15) is 0 Å². The van der Waals surface area contributed by atoms with Crippen molar-refractivity contribution < 1.29 is 4.74 Å². The van der Waals surface area contributed by atoms with Gasteiger partial charge in [-0.1, -0.05) is 28.1 Å². The van der Waals surface area contributed by atoms with E-state index in [1.807, 2.05) is 0 Å². The minimum absolute atomic E-state index is 0.606. The molecule has 1 aromatic carbocycles. The molecule has 1 fully saturated rings. The van der Waals surface area contributed by atoms with Crippen molar-refractivity contribution in [2.24, 2.45) is 0 Å². The van der Waals surface area contributed by atoms with E-state index in [0.717, 1.165) is 36.7 Å². The van der Waals surface area contributed by atoms with Crippen molar-refractivity contribution in [3.63, 3.8) is 0 Å². The molecule has 1 aliphatic rings. The van der Waals surface area contributed by atoms with E-state index in [1.54, 1.807) is 0 Å². The van der Waals surface area contributed by atoms with Gasteiger partial charge in [0.05, 0.1) is 0 Å². The Morgan fingerprint density at radius 1 is 1.32 bits per heavy atom. The van der Waals surface area contributed by atoms with Gasteiger partial charge in [-0.2, -0.15) is 0 Å². The van der Waals surface area contributed by atoms with Crippen LogP contribution in [0.5, 0.6) is 0 Å². The highest BCUT2D eigenvalue weighted by Crippen LogP contribution is 2.25. The predicted octanol–water partition coefficient (Wildman–Crippen LogP) is 4.10. The Morgan fingerprint density at radius 2 is 2.05 bits per heavy atom. The lowest BCUT2D eigenvalue weighted by Gasteiger charge is -2.18. The van der Waals surface area contributed by atoms with E-state index in [4.69, 9.17) is 4.74 Å². The van der Waals surface area contributed by atoms with Crippen molar-refractivity contribution in [3.05, 3.63) is 34.3 Å². The Kier molecular flexibility index (Phi) is 6.35. The van der Waals surface area contributed by atoms with Crippen molar-refractivity contribution >= 4 is 15.9 Å². The fourth-order valence-corrected chi connectivity index (χ4v) is 2.56. The highest BCUT2D eigenvalue weighted by molar-refractivity contribution is 9.10. The van der Waals surface area contributed by atoms with Crippen molar-refractivity contribution in [1.82, 2.24) is 5.32 Å². The van der Waals surface area contributed by atoms with E-state index >= 15 is 0 Å². The fourth-order valence-electron chi connectivity index (χ4n) is 2.29. The van der Waals surface area contributed by atoms with E-state index in [9.17, 15) is 0 Å². The number of rotatable bonds is 9. The Hall–Kier alpha value is -0.380. The molecule has 0 spiro atoms. The molecule has 0 aliphatic heterocycles. The Bertz CT molecular complexity index is 362. The molecule has 2 nitrogen and oxygen atoms in total. The van der Waals surface area contributed by atoms with Gasteiger partial charge in [-0.05, 0) is 56.2 Å². The summed E-state index contributed by atoms with van der Waals surface area (Å²) in [4.78, 5) is 0. The lowest BCUT2D eigenvalue weighted by atomic mass is 9.94. The van der Waals surface area contributed by atoms with Gasteiger partial charge in [-0.3, -0.25) is 0 Å². The van der Waals surface area contributed by atoms with Gasteiger partial charge < -0.3 is 10.1 Å². The summed E-state index contributed by atoms with van der Waals surface area (Å²) < 4.78 is 6.60. The molecule has 0 radical (unpaired) electrons. The molecule has 0 bridgehead atoms. The number of hydrogen-bond acceptors (Lipinski definition) is 2. The summed E-state index contributed by atoms with van der Waals surface area (Å²) in [6.45, 7) is 4.86. The third-order valence-corrected chi connectivity index (χ3v) is 4.15. The summed E-state index contributed by atoms with van der Waals surface area (Å²) in [7, 11) is 0. The lowest BCUT2D eigenvalue weighted by molar-refractivity contribution is 0.141. The molecule has 2 rings (SSSR count). The molecule has 0 saturated heterocycles. The smallest absolute Gasteiger partial charge is 0.0466 e. The van der Waals surface area contributed by atoms with Crippen LogP contribution in [-0.2, 0) is 4.74 Å². The van der Waals surface area contributed by atoms with Gasteiger partial charge in [-0.15, -0.1) is 0 Å². The summed E-state index contributed by atoms with van der Waals surface area (Å²) >= 11 is 3.50. The van der Waals surface area contributed by atoms with E-state index < -0.39 is 0 Å². The van der Waals surface area contributed by atoms with Crippen LogP contribution < -0.4 is 5.32 Å². The summed E-state index contributed by atoms with van der Waals surface area (Å²) in [6, 6.07) is 9.54. The van der Waals surface area contributed by atoms with Crippen LogP contribution in [0.1, 0.15) is 44.1 Å². The van der Waals surface area contributed by atoms with Crippen molar-refractivity contribution in [3.8, 4) is 0 Å². The highest BCUT2D eigenvalue weighted by Gasteiger charge is 2.22. The maximum absolute atomic E-state index is 5.45. The number of hydrogen-bond donors (Lipinski definition) is 1. The van der Waals surface area contributed by atoms with E-state index in [0.29, 0.717) is 5.92 Å². The molecule has 1 saturated carbocycles. The molecule has 1 N–H and O–H groups in total. The first kappa shape index (κ1) is 15.0. The molecular formula is C16H24BrNO. The quantitative estimate of drug-likeness (QED) is 0.690. The third-order valence-electron chi connectivity index (χ3n) is 3.62. The SMILES string of the molecule is CCOCCCC(CNC1CC1)c1ccc(Br)cc1. The van der Waals surface area contributed by atoms with Crippen molar-refractivity contribution in [2.45, 2.75) is 44.6 Å². The standard InChI is InChI=1S/C16H24BrNO/c1-2-19-11-3-4-14(12-18-16-9-10-16)13-5-7-15(17)8-6-13/h5-8,14,16,18H,2-4,9-12H2,1H3. The van der Waals surface area contributed by atoms with Crippen LogP contribution in [0.25, 0.3) is 0 Å². The molecule has 19 heavy (non-hydrogen) atoms. The zero-order valence-electron chi connectivity index (χ0n) is 11.7. The normalized spacial score (nSPS) is 16.5. The summed E-state index contributed by atoms with van der Waals surface area (Å²) in [5.41, 5.74) is 1.44. The van der Waals surface area contributed by atoms with Crippen LogP contribution in [0.4, 0.5) is 0 Å². The first-order chi connectivity index (χ1) is 9.29. The fraction of sp³-hybridized carbons (Fsp3) is 0.625. The van der Waals surface area contributed by atoms with Gasteiger partial charge in [0, 0.05) is 30.3 Å². The minimum atomic E-state index is 0.606. The van der Waals surface area contributed by atoms with E-state index in [1.165, 1.54) is 24.8 Å². The first-order valence-corrected chi connectivity index (χ1v) is 8.15. The second-order valence-corrected chi connectivity index (χ2v) is 6.19. The second kappa shape index (κ2) is 8.03. The lowest BCUT2D eigenvalue weighted by Crippen LogP contribution is -2.23. The third kappa shape index (κ3) is 5.64. The molecule has 0 heterocycles. The molecular weight excluding hydrogens is 302 g/mol. The summed E-state index contributed by atoms with van der Waals surface area (Å²) in [6.07, 6.45) is 5.04. The number of ether oxygens (including phenoxy) is 1.